The number of aliphatic hydroxyl groups is 1. The molecule has 0 aromatic carbocycles. The summed E-state index contributed by atoms with van der Waals surface area (Å²) in [5, 5.41) is 8.66. The molecular weight excluding hydrogens is 206 g/mol. The van der Waals surface area contributed by atoms with Gasteiger partial charge in [-0.3, -0.25) is 4.98 Å². The number of thiophene rings is 1. The minimum Gasteiger partial charge on any atom is -0.392 e. The predicted octanol–water partition coefficient (Wildman–Crippen LogP) is 2.82. The molecule has 2 heterocycles. The third-order valence-corrected chi connectivity index (χ3v) is 3.00. The number of rotatable bonds is 3. The van der Waals surface area contributed by atoms with Crippen LogP contribution in [-0.2, 0) is 0 Å². The molecule has 0 aliphatic rings. The van der Waals surface area contributed by atoms with Gasteiger partial charge < -0.3 is 5.11 Å². The quantitative estimate of drug-likeness (QED) is 0.857. The summed E-state index contributed by atoms with van der Waals surface area (Å²) in [6.07, 6.45) is 5.43. The summed E-state index contributed by atoms with van der Waals surface area (Å²) in [6, 6.07) is 9.95. The Bertz CT molecular complexity index is 448. The zero-order valence-corrected chi connectivity index (χ0v) is 8.95. The second-order valence-corrected chi connectivity index (χ2v) is 4.12. The van der Waals surface area contributed by atoms with Crippen molar-refractivity contribution >= 4 is 17.4 Å². The van der Waals surface area contributed by atoms with E-state index >= 15 is 0 Å². The lowest BCUT2D eigenvalue weighted by Crippen LogP contribution is -1.75. The van der Waals surface area contributed by atoms with Gasteiger partial charge in [0.05, 0.1) is 17.2 Å². The monoisotopic (exact) mass is 217 g/mol. The fraction of sp³-hybridized carbons (Fsp3) is 0.0833. The summed E-state index contributed by atoms with van der Waals surface area (Å²) in [5.74, 6) is 0. The molecule has 0 aliphatic carbocycles. The molecule has 0 saturated carbocycles. The van der Waals surface area contributed by atoms with Crippen LogP contribution in [0, 0.1) is 0 Å². The molecular formula is C12H11NOS. The standard InChI is InChI=1S/C12H11NOS/c14-9-3-4-10-6-7-12(15-10)11-5-1-2-8-13-11/h1-8,14H,9H2/b4-3+. The van der Waals surface area contributed by atoms with E-state index in [1.807, 2.05) is 36.4 Å². The maximum absolute atomic E-state index is 8.66. The van der Waals surface area contributed by atoms with Gasteiger partial charge in [-0.25, -0.2) is 0 Å². The van der Waals surface area contributed by atoms with Crippen molar-refractivity contribution in [2.24, 2.45) is 0 Å². The first-order chi connectivity index (χ1) is 7.40. The molecule has 0 unspecified atom stereocenters. The Morgan fingerprint density at radius 1 is 1.27 bits per heavy atom. The summed E-state index contributed by atoms with van der Waals surface area (Å²) < 4.78 is 0. The van der Waals surface area contributed by atoms with Crippen molar-refractivity contribution in [3.63, 3.8) is 0 Å². The Morgan fingerprint density at radius 3 is 2.93 bits per heavy atom. The summed E-state index contributed by atoms with van der Waals surface area (Å²) in [4.78, 5) is 6.56. The van der Waals surface area contributed by atoms with Crippen LogP contribution in [0.15, 0.2) is 42.6 Å². The summed E-state index contributed by atoms with van der Waals surface area (Å²) in [5.41, 5.74) is 0.992. The third kappa shape index (κ3) is 2.52. The molecule has 0 aliphatic heterocycles. The van der Waals surface area contributed by atoms with Crippen molar-refractivity contribution in [3.8, 4) is 10.6 Å². The maximum Gasteiger partial charge on any atom is 0.0801 e. The van der Waals surface area contributed by atoms with Gasteiger partial charge in [0.25, 0.3) is 0 Å². The number of hydrogen-bond acceptors (Lipinski definition) is 3. The molecule has 0 saturated heterocycles. The molecule has 2 rings (SSSR count). The highest BCUT2D eigenvalue weighted by Gasteiger charge is 2.00. The van der Waals surface area contributed by atoms with Gasteiger partial charge in [-0.05, 0) is 30.3 Å². The van der Waals surface area contributed by atoms with Gasteiger partial charge in [0.1, 0.15) is 0 Å². The van der Waals surface area contributed by atoms with Gasteiger partial charge in [-0.1, -0.05) is 12.1 Å². The Kier molecular flexibility index (Phi) is 3.27. The van der Waals surface area contributed by atoms with E-state index in [1.54, 1.807) is 23.6 Å². The lowest BCUT2D eigenvalue weighted by molar-refractivity contribution is 0.343. The number of aromatic nitrogens is 1. The Hall–Kier alpha value is -1.45. The van der Waals surface area contributed by atoms with E-state index in [4.69, 9.17) is 5.11 Å². The van der Waals surface area contributed by atoms with Gasteiger partial charge in [0.15, 0.2) is 0 Å². The molecule has 0 atom stereocenters. The molecule has 3 heteroatoms. The van der Waals surface area contributed by atoms with Crippen molar-refractivity contribution in [1.82, 2.24) is 4.98 Å². The molecule has 0 spiro atoms. The number of hydrogen-bond donors (Lipinski definition) is 1. The Morgan fingerprint density at radius 2 is 2.20 bits per heavy atom. The van der Waals surface area contributed by atoms with E-state index in [0.29, 0.717) is 0 Å². The first kappa shape index (κ1) is 10.1. The average molecular weight is 217 g/mol. The van der Waals surface area contributed by atoms with Crippen molar-refractivity contribution in [2.75, 3.05) is 6.61 Å². The zero-order chi connectivity index (χ0) is 10.5. The lowest BCUT2D eigenvalue weighted by atomic mass is 10.3. The number of aliphatic hydroxyl groups excluding tert-OH is 1. The minimum atomic E-state index is 0.0802. The first-order valence-corrected chi connectivity index (χ1v) is 5.50. The zero-order valence-electron chi connectivity index (χ0n) is 8.13. The Balaban J connectivity index is 2.24. The fourth-order valence-electron chi connectivity index (χ4n) is 1.26. The summed E-state index contributed by atoms with van der Waals surface area (Å²) >= 11 is 1.67. The van der Waals surface area contributed by atoms with Crippen LogP contribution in [0.5, 0.6) is 0 Å². The molecule has 2 nitrogen and oxygen atoms in total. The van der Waals surface area contributed by atoms with Gasteiger partial charge in [0, 0.05) is 11.1 Å². The van der Waals surface area contributed by atoms with Crippen LogP contribution in [0.3, 0.4) is 0 Å². The van der Waals surface area contributed by atoms with Crippen LogP contribution < -0.4 is 0 Å². The summed E-state index contributed by atoms with van der Waals surface area (Å²) in [6.45, 7) is 0.0802. The van der Waals surface area contributed by atoms with Crippen molar-refractivity contribution in [2.45, 2.75) is 0 Å². The SMILES string of the molecule is OC/C=C/c1ccc(-c2ccccn2)s1. The number of nitrogens with zero attached hydrogens (tertiary/aromatic N) is 1. The van der Waals surface area contributed by atoms with Crippen LogP contribution in [-0.4, -0.2) is 16.7 Å². The highest BCUT2D eigenvalue weighted by molar-refractivity contribution is 7.16. The fourth-order valence-corrected chi connectivity index (χ4v) is 2.17. The molecule has 0 radical (unpaired) electrons. The molecule has 1 N–H and O–H groups in total. The van der Waals surface area contributed by atoms with Crippen molar-refractivity contribution in [3.05, 3.63) is 47.5 Å². The van der Waals surface area contributed by atoms with E-state index in [-0.39, 0.29) is 6.61 Å². The van der Waals surface area contributed by atoms with Crippen molar-refractivity contribution in [1.29, 1.82) is 0 Å². The average Bonchev–Trinajstić information content (AvgIpc) is 2.76. The largest absolute Gasteiger partial charge is 0.392 e. The molecule has 2 aromatic heterocycles. The molecule has 2 aromatic rings. The van der Waals surface area contributed by atoms with E-state index < -0.39 is 0 Å². The molecule has 15 heavy (non-hydrogen) atoms. The lowest BCUT2D eigenvalue weighted by Gasteiger charge is -1.92. The van der Waals surface area contributed by atoms with Crippen LogP contribution in [0.1, 0.15) is 4.88 Å². The molecule has 76 valence electrons. The third-order valence-electron chi connectivity index (χ3n) is 1.93. The molecule has 0 amide bonds. The Labute approximate surface area is 92.5 Å². The van der Waals surface area contributed by atoms with E-state index in [9.17, 15) is 0 Å². The van der Waals surface area contributed by atoms with Gasteiger partial charge in [0.2, 0.25) is 0 Å². The minimum absolute atomic E-state index is 0.0802. The second kappa shape index (κ2) is 4.87. The topological polar surface area (TPSA) is 33.1 Å². The first-order valence-electron chi connectivity index (χ1n) is 4.69. The van der Waals surface area contributed by atoms with Gasteiger partial charge in [-0.2, -0.15) is 0 Å². The predicted molar refractivity (Wildman–Crippen MR) is 63.7 cm³/mol. The molecule has 0 bridgehead atoms. The second-order valence-electron chi connectivity index (χ2n) is 3.00. The highest BCUT2D eigenvalue weighted by Crippen LogP contribution is 2.26. The maximum atomic E-state index is 8.66. The van der Waals surface area contributed by atoms with E-state index in [1.165, 1.54) is 0 Å². The van der Waals surface area contributed by atoms with Crippen LogP contribution in [0.2, 0.25) is 0 Å². The van der Waals surface area contributed by atoms with Crippen LogP contribution in [0.4, 0.5) is 0 Å². The normalized spacial score (nSPS) is 11.0. The van der Waals surface area contributed by atoms with Gasteiger partial charge in [-0.15, -0.1) is 11.3 Å². The van der Waals surface area contributed by atoms with Gasteiger partial charge >= 0.3 is 0 Å². The van der Waals surface area contributed by atoms with Crippen molar-refractivity contribution < 1.29 is 5.11 Å². The van der Waals surface area contributed by atoms with Crippen LogP contribution in [0.25, 0.3) is 16.6 Å². The van der Waals surface area contributed by atoms with E-state index in [2.05, 4.69) is 4.98 Å². The molecule has 0 fully saturated rings. The number of pyridine rings is 1. The highest BCUT2D eigenvalue weighted by atomic mass is 32.1. The van der Waals surface area contributed by atoms with Crippen LogP contribution >= 0.6 is 11.3 Å². The smallest absolute Gasteiger partial charge is 0.0801 e. The van der Waals surface area contributed by atoms with E-state index in [0.717, 1.165) is 15.4 Å². The summed E-state index contributed by atoms with van der Waals surface area (Å²) in [7, 11) is 0.